The smallest absolute Gasteiger partial charge is 0.252 e. The number of amides is 1. The first-order chi connectivity index (χ1) is 14.2. The van der Waals surface area contributed by atoms with Gasteiger partial charge < -0.3 is 10.1 Å². The summed E-state index contributed by atoms with van der Waals surface area (Å²) in [7, 11) is 1.63. The summed E-state index contributed by atoms with van der Waals surface area (Å²) >= 11 is 6.21. The summed E-state index contributed by atoms with van der Waals surface area (Å²) in [5.74, 6) is 0.602. The molecule has 0 unspecified atom stereocenters. The maximum absolute atomic E-state index is 13.0. The molecule has 3 aromatic carbocycles. The molecule has 4 nitrogen and oxygen atoms in total. The van der Waals surface area contributed by atoms with Gasteiger partial charge >= 0.3 is 0 Å². The molecule has 0 aliphatic rings. The molecule has 0 radical (unpaired) electrons. The van der Waals surface area contributed by atoms with E-state index in [9.17, 15) is 4.79 Å². The number of ether oxygens (including phenoxy) is 1. The number of methoxy groups -OCH3 is 1. The number of carbonyl (C=O) groups excluding carboxylic acids is 1. The third kappa shape index (κ3) is 4.08. The third-order valence-corrected chi connectivity index (χ3v) is 5.11. The summed E-state index contributed by atoms with van der Waals surface area (Å²) in [5, 5.41) is 4.41. The standard InChI is InChI=1S/C24H19ClN2O2/c1-29-18-12-10-16(11-13-18)23-14-20(19-7-3-5-9-22(19)27-23)24(28)26-15-17-6-2-4-8-21(17)25/h2-14H,15H2,1H3,(H,26,28). The van der Waals surface area contributed by atoms with E-state index >= 15 is 0 Å². The topological polar surface area (TPSA) is 51.2 Å². The Labute approximate surface area is 174 Å². The maximum Gasteiger partial charge on any atom is 0.252 e. The van der Waals surface area contributed by atoms with E-state index in [1.807, 2.05) is 78.9 Å². The number of carbonyl (C=O) groups is 1. The average molecular weight is 403 g/mol. The zero-order valence-electron chi connectivity index (χ0n) is 15.9. The van der Waals surface area contributed by atoms with Crippen LogP contribution in [0.15, 0.2) is 78.9 Å². The van der Waals surface area contributed by atoms with E-state index in [2.05, 4.69) is 5.32 Å². The molecule has 1 N–H and O–H groups in total. The van der Waals surface area contributed by atoms with Crippen LogP contribution in [-0.4, -0.2) is 18.0 Å². The zero-order valence-corrected chi connectivity index (χ0v) is 16.6. The molecule has 0 saturated heterocycles. The van der Waals surface area contributed by atoms with Crippen LogP contribution in [-0.2, 0) is 6.54 Å². The Hall–Kier alpha value is -3.37. The van der Waals surface area contributed by atoms with E-state index in [-0.39, 0.29) is 5.91 Å². The molecule has 144 valence electrons. The molecule has 0 aliphatic carbocycles. The second kappa shape index (κ2) is 8.33. The van der Waals surface area contributed by atoms with Crippen LogP contribution in [0.5, 0.6) is 5.75 Å². The van der Waals surface area contributed by atoms with Crippen LogP contribution in [0.4, 0.5) is 0 Å². The molecule has 0 fully saturated rings. The van der Waals surface area contributed by atoms with Crippen LogP contribution < -0.4 is 10.1 Å². The van der Waals surface area contributed by atoms with Crippen LogP contribution >= 0.6 is 11.6 Å². The minimum absolute atomic E-state index is 0.168. The molecule has 5 heteroatoms. The predicted molar refractivity (Wildman–Crippen MR) is 116 cm³/mol. The number of para-hydroxylation sites is 1. The fourth-order valence-corrected chi connectivity index (χ4v) is 3.39. The monoisotopic (exact) mass is 402 g/mol. The van der Waals surface area contributed by atoms with Crippen molar-refractivity contribution in [3.05, 3.63) is 95.0 Å². The quantitative estimate of drug-likeness (QED) is 0.480. The molecule has 4 aromatic rings. The first-order valence-electron chi connectivity index (χ1n) is 9.21. The molecular formula is C24H19ClN2O2. The van der Waals surface area contributed by atoms with Crippen molar-refractivity contribution >= 4 is 28.4 Å². The first kappa shape index (κ1) is 19.0. The molecule has 1 aromatic heterocycles. The number of hydrogen-bond donors (Lipinski definition) is 1. The minimum atomic E-state index is -0.168. The van der Waals surface area contributed by atoms with E-state index in [0.717, 1.165) is 33.5 Å². The summed E-state index contributed by atoms with van der Waals surface area (Å²) in [6, 6.07) is 24.6. The molecule has 0 saturated carbocycles. The zero-order chi connectivity index (χ0) is 20.2. The van der Waals surface area contributed by atoms with Gasteiger partial charge in [-0.3, -0.25) is 4.79 Å². The summed E-state index contributed by atoms with van der Waals surface area (Å²) in [4.78, 5) is 17.8. The Morgan fingerprint density at radius 2 is 1.72 bits per heavy atom. The highest BCUT2D eigenvalue weighted by molar-refractivity contribution is 6.31. The van der Waals surface area contributed by atoms with Crippen LogP contribution in [0.25, 0.3) is 22.2 Å². The number of fused-ring (bicyclic) bond motifs is 1. The second-order valence-corrected chi connectivity index (χ2v) is 6.98. The largest absolute Gasteiger partial charge is 0.497 e. The van der Waals surface area contributed by atoms with Crippen LogP contribution in [0.2, 0.25) is 5.02 Å². The lowest BCUT2D eigenvalue weighted by atomic mass is 10.0. The van der Waals surface area contributed by atoms with Gasteiger partial charge in [0.15, 0.2) is 0 Å². The Morgan fingerprint density at radius 1 is 1.00 bits per heavy atom. The van der Waals surface area contributed by atoms with Gasteiger partial charge in [-0.25, -0.2) is 4.98 Å². The highest BCUT2D eigenvalue weighted by Crippen LogP contribution is 2.26. The van der Waals surface area contributed by atoms with E-state index in [0.29, 0.717) is 17.1 Å². The van der Waals surface area contributed by atoms with E-state index in [4.69, 9.17) is 21.3 Å². The number of nitrogens with one attached hydrogen (secondary N) is 1. The lowest BCUT2D eigenvalue weighted by Gasteiger charge is -2.11. The van der Waals surface area contributed by atoms with Crippen LogP contribution in [0.3, 0.4) is 0 Å². The predicted octanol–water partition coefficient (Wildman–Crippen LogP) is 5.49. The average Bonchev–Trinajstić information content (AvgIpc) is 2.77. The van der Waals surface area contributed by atoms with Gasteiger partial charge in [-0.15, -0.1) is 0 Å². The lowest BCUT2D eigenvalue weighted by molar-refractivity contribution is 0.0952. The van der Waals surface area contributed by atoms with Crippen molar-refractivity contribution in [3.63, 3.8) is 0 Å². The molecule has 29 heavy (non-hydrogen) atoms. The normalized spacial score (nSPS) is 10.7. The number of aromatic nitrogens is 1. The number of halogens is 1. The molecular weight excluding hydrogens is 384 g/mol. The second-order valence-electron chi connectivity index (χ2n) is 6.57. The number of nitrogens with zero attached hydrogens (tertiary/aromatic N) is 1. The van der Waals surface area contributed by atoms with Gasteiger partial charge in [0.25, 0.3) is 5.91 Å². The van der Waals surface area contributed by atoms with Gasteiger partial charge in [0.1, 0.15) is 5.75 Å². The van der Waals surface area contributed by atoms with Crippen LogP contribution in [0.1, 0.15) is 15.9 Å². The van der Waals surface area contributed by atoms with Crippen molar-refractivity contribution in [2.45, 2.75) is 6.54 Å². The number of pyridine rings is 1. The van der Waals surface area contributed by atoms with Gasteiger partial charge in [-0.2, -0.15) is 0 Å². The van der Waals surface area contributed by atoms with Crippen LogP contribution in [0, 0.1) is 0 Å². The van der Waals surface area contributed by atoms with Gasteiger partial charge in [0.05, 0.1) is 23.9 Å². The van der Waals surface area contributed by atoms with Crippen molar-refractivity contribution in [2.24, 2.45) is 0 Å². The maximum atomic E-state index is 13.0. The number of rotatable bonds is 5. The molecule has 1 heterocycles. The Kier molecular flexibility index (Phi) is 5.45. The Balaban J connectivity index is 1.70. The fourth-order valence-electron chi connectivity index (χ4n) is 3.19. The lowest BCUT2D eigenvalue weighted by Crippen LogP contribution is -2.23. The number of benzene rings is 3. The van der Waals surface area contributed by atoms with Crippen molar-refractivity contribution in [1.29, 1.82) is 0 Å². The van der Waals surface area contributed by atoms with Gasteiger partial charge in [0, 0.05) is 22.5 Å². The van der Waals surface area contributed by atoms with Crippen molar-refractivity contribution < 1.29 is 9.53 Å². The van der Waals surface area contributed by atoms with Crippen molar-refractivity contribution in [1.82, 2.24) is 10.3 Å². The molecule has 0 bridgehead atoms. The van der Waals surface area contributed by atoms with Crippen molar-refractivity contribution in [3.8, 4) is 17.0 Å². The SMILES string of the molecule is COc1ccc(-c2cc(C(=O)NCc3ccccc3Cl)c3ccccc3n2)cc1. The molecule has 4 rings (SSSR count). The Morgan fingerprint density at radius 3 is 2.48 bits per heavy atom. The summed E-state index contributed by atoms with van der Waals surface area (Å²) in [6.45, 7) is 0.354. The molecule has 0 aliphatic heterocycles. The van der Waals surface area contributed by atoms with E-state index in [1.54, 1.807) is 7.11 Å². The minimum Gasteiger partial charge on any atom is -0.497 e. The molecule has 1 amide bonds. The first-order valence-corrected chi connectivity index (χ1v) is 9.59. The number of hydrogen-bond acceptors (Lipinski definition) is 3. The third-order valence-electron chi connectivity index (χ3n) is 4.74. The summed E-state index contributed by atoms with van der Waals surface area (Å²) < 4.78 is 5.23. The molecule has 0 atom stereocenters. The van der Waals surface area contributed by atoms with E-state index in [1.165, 1.54) is 0 Å². The highest BCUT2D eigenvalue weighted by Gasteiger charge is 2.14. The highest BCUT2D eigenvalue weighted by atomic mass is 35.5. The van der Waals surface area contributed by atoms with Gasteiger partial charge in [-0.1, -0.05) is 48.0 Å². The van der Waals surface area contributed by atoms with E-state index < -0.39 is 0 Å². The fraction of sp³-hybridized carbons (Fsp3) is 0.0833. The summed E-state index contributed by atoms with van der Waals surface area (Å²) in [5.41, 5.74) is 3.86. The van der Waals surface area contributed by atoms with Crippen molar-refractivity contribution in [2.75, 3.05) is 7.11 Å². The summed E-state index contributed by atoms with van der Waals surface area (Å²) in [6.07, 6.45) is 0. The molecule has 0 spiro atoms. The Bertz CT molecular complexity index is 1170. The van der Waals surface area contributed by atoms with Gasteiger partial charge in [0.2, 0.25) is 0 Å². The van der Waals surface area contributed by atoms with Gasteiger partial charge in [-0.05, 0) is 48.0 Å².